The second kappa shape index (κ2) is 11.6. The average molecular weight is 514 g/mol. The number of amides is 1. The van der Waals surface area contributed by atoms with Gasteiger partial charge in [-0.25, -0.2) is 4.98 Å². The molecule has 0 saturated heterocycles. The Hall–Kier alpha value is -3.58. The van der Waals surface area contributed by atoms with E-state index < -0.39 is 5.97 Å². The number of nitrogens with zero attached hydrogens (tertiary/aromatic N) is 3. The predicted octanol–water partition coefficient (Wildman–Crippen LogP) is 5.82. The van der Waals surface area contributed by atoms with E-state index >= 15 is 0 Å². The van der Waals surface area contributed by atoms with Crippen LogP contribution >= 0.6 is 11.8 Å². The second-order valence-corrected chi connectivity index (χ2v) is 10.5. The molecule has 1 aromatic heterocycles. The minimum atomic E-state index is -0.887. The van der Waals surface area contributed by atoms with Crippen molar-refractivity contribution in [1.29, 1.82) is 0 Å². The highest BCUT2D eigenvalue weighted by Crippen LogP contribution is 2.33. The van der Waals surface area contributed by atoms with Gasteiger partial charge in [0.2, 0.25) is 5.91 Å². The fourth-order valence-electron chi connectivity index (χ4n) is 4.84. The first-order valence-corrected chi connectivity index (χ1v) is 13.8. The third-order valence-corrected chi connectivity index (χ3v) is 7.84. The minimum Gasteiger partial charge on any atom is -0.480 e. The summed E-state index contributed by atoms with van der Waals surface area (Å²) in [6.07, 6.45) is 3.40. The molecule has 5 rings (SSSR count). The van der Waals surface area contributed by atoms with Crippen molar-refractivity contribution in [3.05, 3.63) is 96.1 Å². The standard InChI is InChI=1S/C30H31N3O3S/c34-28(20-25(22-10-3-1-4-11-22)23-12-5-2-6-13-23)32(24-16-17-24)18-9-19-37-30-31-26-14-7-8-15-27(26)33(30)21-29(35)36/h1-8,10-15,24-25H,9,16-21H2,(H,35,36). The first-order valence-electron chi connectivity index (χ1n) is 12.8. The molecule has 0 aliphatic heterocycles. The summed E-state index contributed by atoms with van der Waals surface area (Å²) in [7, 11) is 0. The van der Waals surface area contributed by atoms with Crippen LogP contribution in [0.2, 0.25) is 0 Å². The summed E-state index contributed by atoms with van der Waals surface area (Å²) in [5.41, 5.74) is 3.94. The molecule has 7 heteroatoms. The Kier molecular flexibility index (Phi) is 7.90. The number of hydrogen-bond acceptors (Lipinski definition) is 4. The quantitative estimate of drug-likeness (QED) is 0.191. The van der Waals surface area contributed by atoms with Crippen molar-refractivity contribution in [2.24, 2.45) is 0 Å². The van der Waals surface area contributed by atoms with E-state index in [4.69, 9.17) is 0 Å². The van der Waals surface area contributed by atoms with Crippen LogP contribution in [-0.2, 0) is 16.1 Å². The predicted molar refractivity (Wildman–Crippen MR) is 147 cm³/mol. The Morgan fingerprint density at radius 1 is 0.946 bits per heavy atom. The van der Waals surface area contributed by atoms with Crippen LogP contribution in [0, 0.1) is 0 Å². The maximum atomic E-state index is 13.6. The summed E-state index contributed by atoms with van der Waals surface area (Å²) in [6.45, 7) is 0.585. The van der Waals surface area contributed by atoms with Gasteiger partial charge in [-0.15, -0.1) is 0 Å². The monoisotopic (exact) mass is 513 g/mol. The first-order chi connectivity index (χ1) is 18.1. The highest BCUT2D eigenvalue weighted by atomic mass is 32.2. The lowest BCUT2D eigenvalue weighted by molar-refractivity contribution is -0.137. The normalized spacial score (nSPS) is 13.2. The number of carbonyl (C=O) groups excluding carboxylic acids is 1. The van der Waals surface area contributed by atoms with Gasteiger partial charge in [0, 0.05) is 30.7 Å². The molecule has 1 aliphatic carbocycles. The Morgan fingerprint density at radius 2 is 1.57 bits per heavy atom. The Bertz CT molecular complexity index is 1310. The molecule has 4 aromatic rings. The molecule has 0 atom stereocenters. The maximum Gasteiger partial charge on any atom is 0.323 e. The van der Waals surface area contributed by atoms with Crippen LogP contribution in [0.4, 0.5) is 0 Å². The zero-order valence-electron chi connectivity index (χ0n) is 20.7. The summed E-state index contributed by atoms with van der Waals surface area (Å²) in [6, 6.07) is 28.5. The second-order valence-electron chi connectivity index (χ2n) is 9.46. The molecule has 190 valence electrons. The number of aromatic nitrogens is 2. The molecule has 1 N–H and O–H groups in total. The molecular weight excluding hydrogens is 482 g/mol. The molecule has 0 radical (unpaired) electrons. The molecule has 1 saturated carbocycles. The SMILES string of the molecule is O=C(O)Cn1c(SCCCN(C(=O)CC(c2ccccc2)c2ccccc2)C2CC2)nc2ccccc21. The van der Waals surface area contributed by atoms with Gasteiger partial charge in [-0.1, -0.05) is 84.6 Å². The van der Waals surface area contributed by atoms with Crippen LogP contribution < -0.4 is 0 Å². The van der Waals surface area contributed by atoms with Gasteiger partial charge in [0.05, 0.1) is 11.0 Å². The van der Waals surface area contributed by atoms with Crippen LogP contribution in [-0.4, -0.2) is 49.8 Å². The largest absolute Gasteiger partial charge is 0.480 e. The lowest BCUT2D eigenvalue weighted by Crippen LogP contribution is -2.35. The lowest BCUT2D eigenvalue weighted by Gasteiger charge is -2.26. The fourth-order valence-corrected chi connectivity index (χ4v) is 5.78. The van der Waals surface area contributed by atoms with E-state index in [1.165, 1.54) is 0 Å². The number of hydrogen-bond donors (Lipinski definition) is 1. The van der Waals surface area contributed by atoms with Crippen LogP contribution in [0.1, 0.15) is 42.7 Å². The van der Waals surface area contributed by atoms with Gasteiger partial charge in [-0.05, 0) is 42.5 Å². The van der Waals surface area contributed by atoms with Crippen LogP contribution in [0.15, 0.2) is 90.1 Å². The number of rotatable bonds is 12. The number of thioether (sulfide) groups is 1. The Labute approximate surface area is 221 Å². The van der Waals surface area contributed by atoms with Crippen molar-refractivity contribution in [1.82, 2.24) is 14.5 Å². The minimum absolute atomic E-state index is 0.0291. The highest BCUT2D eigenvalue weighted by Gasteiger charge is 2.33. The van der Waals surface area contributed by atoms with E-state index in [2.05, 4.69) is 34.1 Å². The lowest BCUT2D eigenvalue weighted by atomic mass is 9.88. The van der Waals surface area contributed by atoms with Gasteiger partial charge in [-0.3, -0.25) is 9.59 Å². The number of imidazole rings is 1. The van der Waals surface area contributed by atoms with Crippen LogP contribution in [0.5, 0.6) is 0 Å². The van der Waals surface area contributed by atoms with Gasteiger partial charge in [-0.2, -0.15) is 0 Å². The summed E-state index contributed by atoms with van der Waals surface area (Å²) >= 11 is 1.56. The molecule has 1 amide bonds. The molecule has 0 bridgehead atoms. The fraction of sp³-hybridized carbons (Fsp3) is 0.300. The van der Waals surface area contributed by atoms with Crippen molar-refractivity contribution >= 4 is 34.7 Å². The van der Waals surface area contributed by atoms with Gasteiger partial charge in [0.15, 0.2) is 5.16 Å². The van der Waals surface area contributed by atoms with Gasteiger partial charge < -0.3 is 14.6 Å². The maximum absolute atomic E-state index is 13.6. The van der Waals surface area contributed by atoms with Crippen molar-refractivity contribution in [2.75, 3.05) is 12.3 Å². The highest BCUT2D eigenvalue weighted by molar-refractivity contribution is 7.99. The Balaban J connectivity index is 1.24. The van der Waals surface area contributed by atoms with Crippen molar-refractivity contribution in [3.63, 3.8) is 0 Å². The summed E-state index contributed by atoms with van der Waals surface area (Å²) in [5.74, 6) is 0.104. The first kappa shape index (κ1) is 25.1. The average Bonchev–Trinajstić information content (AvgIpc) is 3.70. The van der Waals surface area contributed by atoms with Crippen molar-refractivity contribution < 1.29 is 14.7 Å². The van der Waals surface area contributed by atoms with E-state index in [9.17, 15) is 14.7 Å². The van der Waals surface area contributed by atoms with Crippen molar-refractivity contribution in [2.45, 2.75) is 49.3 Å². The number of para-hydroxylation sites is 2. The number of benzene rings is 3. The molecule has 0 spiro atoms. The zero-order chi connectivity index (χ0) is 25.6. The van der Waals surface area contributed by atoms with E-state index in [0.29, 0.717) is 24.2 Å². The third-order valence-electron chi connectivity index (χ3n) is 6.78. The van der Waals surface area contributed by atoms with Crippen molar-refractivity contribution in [3.8, 4) is 0 Å². The van der Waals surface area contributed by atoms with Gasteiger partial charge >= 0.3 is 5.97 Å². The van der Waals surface area contributed by atoms with E-state index in [1.807, 2.05) is 60.7 Å². The molecule has 0 unspecified atom stereocenters. The molecule has 37 heavy (non-hydrogen) atoms. The summed E-state index contributed by atoms with van der Waals surface area (Å²) in [5, 5.41) is 10.1. The number of fused-ring (bicyclic) bond motifs is 1. The topological polar surface area (TPSA) is 75.4 Å². The smallest absolute Gasteiger partial charge is 0.323 e. The number of carboxylic acid groups (broad SMARTS) is 1. The summed E-state index contributed by atoms with van der Waals surface area (Å²) < 4.78 is 1.76. The van der Waals surface area contributed by atoms with Crippen LogP contribution in [0.3, 0.4) is 0 Å². The number of carbonyl (C=O) groups is 2. The third kappa shape index (κ3) is 6.23. The van der Waals surface area contributed by atoms with Gasteiger partial charge in [0.25, 0.3) is 0 Å². The summed E-state index contributed by atoms with van der Waals surface area (Å²) in [4.78, 5) is 31.7. The van der Waals surface area contributed by atoms with E-state index in [0.717, 1.165) is 47.2 Å². The molecule has 1 heterocycles. The molecular formula is C30H31N3O3S. The molecule has 1 aliphatic rings. The zero-order valence-corrected chi connectivity index (χ0v) is 21.5. The number of carboxylic acids is 1. The van der Waals surface area contributed by atoms with Gasteiger partial charge in [0.1, 0.15) is 6.54 Å². The van der Waals surface area contributed by atoms with E-state index in [-0.39, 0.29) is 18.4 Å². The molecule has 1 fully saturated rings. The Morgan fingerprint density at radius 3 is 2.19 bits per heavy atom. The van der Waals surface area contributed by atoms with Crippen LogP contribution in [0.25, 0.3) is 11.0 Å². The molecule has 3 aromatic carbocycles. The molecule has 6 nitrogen and oxygen atoms in total. The number of aliphatic carboxylic acids is 1. The van der Waals surface area contributed by atoms with E-state index in [1.54, 1.807) is 16.3 Å².